The normalized spacial score (nSPS) is 11.0. The summed E-state index contributed by atoms with van der Waals surface area (Å²) >= 11 is 2.99. The van der Waals surface area contributed by atoms with Crippen LogP contribution in [0.3, 0.4) is 0 Å². The summed E-state index contributed by atoms with van der Waals surface area (Å²) in [5, 5.41) is 21.9. The third-order valence-electron chi connectivity index (χ3n) is 2.16. The Hall–Kier alpha value is -0.710. The minimum atomic E-state index is 0.0150. The van der Waals surface area contributed by atoms with E-state index in [2.05, 4.69) is 0 Å². The lowest BCUT2D eigenvalue weighted by molar-refractivity contribution is 0.283. The minimum Gasteiger partial charge on any atom is -0.505 e. The Bertz CT molecular complexity index is 462. The first-order valence-electron chi connectivity index (χ1n) is 4.14. The Morgan fingerprint density at radius 2 is 2.29 bits per heavy atom. The van der Waals surface area contributed by atoms with E-state index in [4.69, 9.17) is 0 Å². The molecule has 0 unspecified atom stereocenters. The highest BCUT2D eigenvalue weighted by molar-refractivity contribution is 7.98. The van der Waals surface area contributed by atoms with Crippen molar-refractivity contribution >= 4 is 33.2 Å². The van der Waals surface area contributed by atoms with Gasteiger partial charge >= 0.3 is 0 Å². The zero-order valence-electron chi connectivity index (χ0n) is 7.65. The van der Waals surface area contributed by atoms with Crippen molar-refractivity contribution in [2.24, 2.45) is 0 Å². The van der Waals surface area contributed by atoms with Crippen LogP contribution < -0.4 is 0 Å². The zero-order chi connectivity index (χ0) is 10.1. The standard InChI is InChI=1S/C10H10O2S2/c1-13-8-4-6(5-11)7-2-3-14-10(7)9(8)12/h2-4,11-12H,5H2,1H3. The van der Waals surface area contributed by atoms with E-state index in [0.29, 0.717) is 5.75 Å². The van der Waals surface area contributed by atoms with Gasteiger partial charge in [-0.25, -0.2) is 0 Å². The van der Waals surface area contributed by atoms with Crippen molar-refractivity contribution in [2.75, 3.05) is 6.26 Å². The van der Waals surface area contributed by atoms with Gasteiger partial charge in [-0.1, -0.05) is 0 Å². The van der Waals surface area contributed by atoms with Gasteiger partial charge in [0.25, 0.3) is 0 Å². The molecule has 0 aliphatic heterocycles. The molecule has 0 saturated heterocycles. The topological polar surface area (TPSA) is 40.5 Å². The number of phenolic OH excluding ortho intramolecular Hbond substituents is 1. The fourth-order valence-electron chi connectivity index (χ4n) is 1.45. The molecule has 0 radical (unpaired) electrons. The van der Waals surface area contributed by atoms with Crippen LogP contribution in [0.25, 0.3) is 10.1 Å². The minimum absolute atomic E-state index is 0.0150. The van der Waals surface area contributed by atoms with Gasteiger partial charge in [0, 0.05) is 5.39 Å². The van der Waals surface area contributed by atoms with Gasteiger partial charge in [0.15, 0.2) is 0 Å². The summed E-state index contributed by atoms with van der Waals surface area (Å²) < 4.78 is 0.862. The summed E-state index contributed by atoms with van der Waals surface area (Å²) in [4.78, 5) is 0.823. The highest BCUT2D eigenvalue weighted by atomic mass is 32.2. The lowest BCUT2D eigenvalue weighted by Crippen LogP contribution is -1.85. The Balaban J connectivity index is 2.80. The van der Waals surface area contributed by atoms with Crippen molar-refractivity contribution in [3.8, 4) is 5.75 Å². The molecule has 0 aliphatic carbocycles. The van der Waals surface area contributed by atoms with Gasteiger partial charge in [-0.2, -0.15) is 0 Å². The van der Waals surface area contributed by atoms with E-state index in [1.54, 1.807) is 0 Å². The van der Waals surface area contributed by atoms with Gasteiger partial charge in [-0.05, 0) is 29.3 Å². The summed E-state index contributed by atoms with van der Waals surface area (Å²) in [6, 6.07) is 3.77. The van der Waals surface area contributed by atoms with E-state index in [9.17, 15) is 10.2 Å². The number of aliphatic hydroxyl groups is 1. The first kappa shape index (κ1) is 9.83. The molecular formula is C10H10O2S2. The van der Waals surface area contributed by atoms with Gasteiger partial charge < -0.3 is 10.2 Å². The van der Waals surface area contributed by atoms with Crippen LogP contribution in [0.5, 0.6) is 5.75 Å². The van der Waals surface area contributed by atoms with E-state index in [0.717, 1.165) is 20.5 Å². The molecule has 4 heteroatoms. The fraction of sp³-hybridized carbons (Fsp3) is 0.200. The van der Waals surface area contributed by atoms with Crippen molar-refractivity contribution in [3.05, 3.63) is 23.1 Å². The lowest BCUT2D eigenvalue weighted by atomic mass is 10.1. The van der Waals surface area contributed by atoms with Crippen LogP contribution in [0, 0.1) is 0 Å². The highest BCUT2D eigenvalue weighted by Crippen LogP contribution is 2.39. The van der Waals surface area contributed by atoms with E-state index in [1.807, 2.05) is 23.8 Å². The molecule has 2 rings (SSSR count). The number of fused-ring (bicyclic) bond motifs is 1. The monoisotopic (exact) mass is 226 g/mol. The molecule has 2 N–H and O–H groups in total. The maximum absolute atomic E-state index is 9.87. The Labute approximate surface area is 90.2 Å². The number of hydrogen-bond donors (Lipinski definition) is 2. The van der Waals surface area contributed by atoms with E-state index in [-0.39, 0.29) is 6.61 Å². The second-order valence-corrected chi connectivity index (χ2v) is 4.67. The maximum Gasteiger partial charge on any atom is 0.146 e. The van der Waals surface area contributed by atoms with E-state index < -0.39 is 0 Å². The second kappa shape index (κ2) is 3.81. The molecule has 74 valence electrons. The molecule has 0 atom stereocenters. The third kappa shape index (κ3) is 1.39. The van der Waals surface area contributed by atoms with Gasteiger partial charge in [-0.3, -0.25) is 0 Å². The molecule has 2 nitrogen and oxygen atoms in total. The number of thioether (sulfide) groups is 1. The molecule has 14 heavy (non-hydrogen) atoms. The predicted molar refractivity (Wildman–Crippen MR) is 61.2 cm³/mol. The van der Waals surface area contributed by atoms with Gasteiger partial charge in [0.2, 0.25) is 0 Å². The predicted octanol–water partition coefficient (Wildman–Crippen LogP) is 2.82. The molecule has 0 spiro atoms. The quantitative estimate of drug-likeness (QED) is 0.774. The summed E-state index contributed by atoms with van der Waals surface area (Å²) in [5.74, 6) is 0.333. The molecule has 1 aromatic heterocycles. The molecule has 2 aromatic rings. The molecule has 1 heterocycles. The Morgan fingerprint density at radius 3 is 2.93 bits per heavy atom. The van der Waals surface area contributed by atoms with Crippen LogP contribution >= 0.6 is 23.1 Å². The van der Waals surface area contributed by atoms with Gasteiger partial charge in [0.05, 0.1) is 16.2 Å². The first-order valence-corrected chi connectivity index (χ1v) is 6.25. The van der Waals surface area contributed by atoms with Crippen LogP contribution in [-0.4, -0.2) is 16.5 Å². The van der Waals surface area contributed by atoms with E-state index >= 15 is 0 Å². The molecule has 0 fully saturated rings. The summed E-state index contributed by atoms with van der Waals surface area (Å²) in [6.07, 6.45) is 1.91. The molecule has 0 saturated carbocycles. The number of rotatable bonds is 2. The third-order valence-corrected chi connectivity index (χ3v) is 3.83. The summed E-state index contributed by atoms with van der Waals surface area (Å²) in [7, 11) is 0. The van der Waals surface area contributed by atoms with Crippen molar-refractivity contribution in [1.29, 1.82) is 0 Å². The number of aromatic hydroxyl groups is 1. The average Bonchev–Trinajstić information content (AvgIpc) is 2.68. The zero-order valence-corrected chi connectivity index (χ0v) is 9.28. The van der Waals surface area contributed by atoms with Crippen LogP contribution in [-0.2, 0) is 6.61 Å². The Kier molecular flexibility index (Phi) is 2.67. The molecule has 0 amide bonds. The summed E-state index contributed by atoms with van der Waals surface area (Å²) in [6.45, 7) is 0.0150. The second-order valence-electron chi connectivity index (χ2n) is 2.91. The van der Waals surface area contributed by atoms with Gasteiger partial charge in [-0.15, -0.1) is 23.1 Å². The molecule has 0 bridgehead atoms. The van der Waals surface area contributed by atoms with Gasteiger partial charge in [0.1, 0.15) is 5.75 Å². The van der Waals surface area contributed by atoms with Crippen molar-refractivity contribution in [1.82, 2.24) is 0 Å². The smallest absolute Gasteiger partial charge is 0.146 e. The maximum atomic E-state index is 9.87. The highest BCUT2D eigenvalue weighted by Gasteiger charge is 2.11. The van der Waals surface area contributed by atoms with Crippen LogP contribution in [0.15, 0.2) is 22.4 Å². The van der Waals surface area contributed by atoms with Crippen molar-refractivity contribution < 1.29 is 10.2 Å². The first-order chi connectivity index (χ1) is 6.77. The SMILES string of the molecule is CSc1cc(CO)c2ccsc2c1O. The molecule has 0 aliphatic rings. The van der Waals surface area contributed by atoms with Crippen molar-refractivity contribution in [3.63, 3.8) is 0 Å². The largest absolute Gasteiger partial charge is 0.505 e. The number of aliphatic hydroxyl groups excluding tert-OH is 1. The molecule has 1 aromatic carbocycles. The van der Waals surface area contributed by atoms with Crippen molar-refractivity contribution in [2.45, 2.75) is 11.5 Å². The summed E-state index contributed by atoms with van der Waals surface area (Å²) in [5.41, 5.74) is 0.878. The van der Waals surface area contributed by atoms with Crippen LogP contribution in [0.1, 0.15) is 5.56 Å². The van der Waals surface area contributed by atoms with Crippen LogP contribution in [0.2, 0.25) is 0 Å². The lowest BCUT2D eigenvalue weighted by Gasteiger charge is -2.06. The molecular weight excluding hydrogens is 216 g/mol. The Morgan fingerprint density at radius 1 is 1.50 bits per heavy atom. The van der Waals surface area contributed by atoms with E-state index in [1.165, 1.54) is 23.1 Å². The van der Waals surface area contributed by atoms with Crippen LogP contribution in [0.4, 0.5) is 0 Å². The number of hydrogen-bond acceptors (Lipinski definition) is 4. The number of thiophene rings is 1. The fourth-order valence-corrected chi connectivity index (χ4v) is 2.96. The number of phenols is 1. The average molecular weight is 226 g/mol. The number of benzene rings is 1.